The van der Waals surface area contributed by atoms with Crippen molar-refractivity contribution in [3.63, 3.8) is 0 Å². The second-order valence-corrected chi connectivity index (χ2v) is 4.53. The normalized spacial score (nSPS) is 25.9. The zero-order chi connectivity index (χ0) is 13.9. The molecule has 2 atom stereocenters. The first-order valence-electron chi connectivity index (χ1n) is 5.91. The second-order valence-electron chi connectivity index (χ2n) is 4.53. The molecule has 100 valence electrons. The number of hydrogen-bond acceptors (Lipinski definition) is 4. The molecule has 0 spiro atoms. The van der Waals surface area contributed by atoms with Gasteiger partial charge in [-0.1, -0.05) is 26.3 Å². The highest BCUT2D eigenvalue weighted by Gasteiger charge is 2.56. The largest absolute Gasteiger partial charge is 0.355 e. The molecule has 0 radical (unpaired) electrons. The van der Waals surface area contributed by atoms with Gasteiger partial charge in [-0.05, 0) is 18.8 Å². The molecule has 0 aromatic carbocycles. The molecule has 0 aromatic heterocycles. The van der Waals surface area contributed by atoms with Crippen LogP contribution in [0.2, 0.25) is 0 Å². The summed E-state index contributed by atoms with van der Waals surface area (Å²) in [6.07, 6.45) is 2.96. The van der Waals surface area contributed by atoms with Gasteiger partial charge in [0.05, 0.1) is 0 Å². The van der Waals surface area contributed by atoms with Gasteiger partial charge in [0, 0.05) is 0 Å². The predicted molar refractivity (Wildman–Crippen MR) is 63.5 cm³/mol. The smallest absolute Gasteiger partial charge is 0.277 e. The molecule has 0 saturated carbocycles. The molecule has 1 aliphatic heterocycles. The highest BCUT2D eigenvalue weighted by atomic mass is 16.5. The van der Waals surface area contributed by atoms with Crippen molar-refractivity contribution < 1.29 is 19.6 Å². The van der Waals surface area contributed by atoms with E-state index < -0.39 is 23.3 Å². The molecular formula is C12H18N2O4. The van der Waals surface area contributed by atoms with E-state index in [1.54, 1.807) is 6.92 Å². The summed E-state index contributed by atoms with van der Waals surface area (Å²) in [7, 11) is 0. The van der Waals surface area contributed by atoms with E-state index in [-0.39, 0.29) is 17.4 Å². The standard InChI is InChI=1S/C12H18N2O4/c1-4-6-8(3)12(7-5-2)9(15)13-11(17)14(18)10(12)16/h5,8,18H,2,4,6-7H2,1,3H3,(H,13,15,17)/t8-,12+/m1/s1. The van der Waals surface area contributed by atoms with E-state index in [0.717, 1.165) is 6.42 Å². The molecule has 18 heavy (non-hydrogen) atoms. The van der Waals surface area contributed by atoms with Crippen molar-refractivity contribution >= 4 is 17.8 Å². The van der Waals surface area contributed by atoms with Crippen LogP contribution in [-0.4, -0.2) is 28.1 Å². The summed E-state index contributed by atoms with van der Waals surface area (Å²) in [5.74, 6) is -1.84. The number of urea groups is 1. The first-order valence-corrected chi connectivity index (χ1v) is 5.91. The number of rotatable bonds is 5. The van der Waals surface area contributed by atoms with Crippen molar-refractivity contribution in [3.05, 3.63) is 12.7 Å². The lowest BCUT2D eigenvalue weighted by Crippen LogP contribution is -2.64. The average Bonchev–Trinajstić information content (AvgIpc) is 2.32. The first kappa shape index (κ1) is 14.4. The lowest BCUT2D eigenvalue weighted by atomic mass is 9.69. The van der Waals surface area contributed by atoms with Gasteiger partial charge >= 0.3 is 6.03 Å². The molecule has 0 bridgehead atoms. The Morgan fingerprint density at radius 2 is 2.11 bits per heavy atom. The summed E-state index contributed by atoms with van der Waals surface area (Å²) >= 11 is 0. The Morgan fingerprint density at radius 3 is 2.61 bits per heavy atom. The van der Waals surface area contributed by atoms with Crippen molar-refractivity contribution in [3.8, 4) is 0 Å². The van der Waals surface area contributed by atoms with Crippen molar-refractivity contribution in [2.24, 2.45) is 11.3 Å². The maximum Gasteiger partial charge on any atom is 0.355 e. The van der Waals surface area contributed by atoms with Crippen LogP contribution in [0.25, 0.3) is 0 Å². The van der Waals surface area contributed by atoms with Gasteiger partial charge in [0.1, 0.15) is 5.41 Å². The summed E-state index contributed by atoms with van der Waals surface area (Å²) in [6.45, 7) is 7.23. The number of carbonyl (C=O) groups excluding carboxylic acids is 3. The van der Waals surface area contributed by atoms with Crippen LogP contribution in [0.5, 0.6) is 0 Å². The van der Waals surface area contributed by atoms with Crippen LogP contribution in [0.15, 0.2) is 12.7 Å². The van der Waals surface area contributed by atoms with Crippen molar-refractivity contribution in [1.82, 2.24) is 10.4 Å². The zero-order valence-electron chi connectivity index (χ0n) is 10.6. The molecule has 6 heteroatoms. The van der Waals surface area contributed by atoms with Crippen molar-refractivity contribution in [2.45, 2.75) is 33.1 Å². The van der Waals surface area contributed by atoms with Gasteiger partial charge in [-0.25, -0.2) is 4.79 Å². The molecule has 1 saturated heterocycles. The van der Waals surface area contributed by atoms with Gasteiger partial charge in [0.25, 0.3) is 5.91 Å². The van der Waals surface area contributed by atoms with Gasteiger partial charge in [-0.2, -0.15) is 0 Å². The predicted octanol–water partition coefficient (Wildman–Crippen LogP) is 1.45. The SMILES string of the molecule is C=CC[C@]1([C@H](C)CCC)C(=O)NC(=O)N(O)C1=O. The molecule has 1 fully saturated rings. The third kappa shape index (κ3) is 2.03. The third-order valence-corrected chi connectivity index (χ3v) is 3.42. The van der Waals surface area contributed by atoms with Crippen LogP contribution >= 0.6 is 0 Å². The minimum Gasteiger partial charge on any atom is -0.277 e. The Hall–Kier alpha value is -1.69. The fraction of sp³-hybridized carbons (Fsp3) is 0.583. The quantitative estimate of drug-likeness (QED) is 0.441. The van der Waals surface area contributed by atoms with E-state index >= 15 is 0 Å². The van der Waals surface area contributed by atoms with Crippen molar-refractivity contribution in [2.75, 3.05) is 0 Å². The fourth-order valence-corrected chi connectivity index (χ4v) is 2.36. The molecule has 0 aliphatic carbocycles. The summed E-state index contributed by atoms with van der Waals surface area (Å²) in [6, 6.07) is -1.10. The molecular weight excluding hydrogens is 236 g/mol. The Kier molecular flexibility index (Phi) is 4.24. The number of hydrogen-bond donors (Lipinski definition) is 2. The van der Waals surface area contributed by atoms with Crippen LogP contribution < -0.4 is 5.32 Å². The monoisotopic (exact) mass is 254 g/mol. The van der Waals surface area contributed by atoms with Gasteiger partial charge in [-0.15, -0.1) is 11.6 Å². The molecule has 4 amide bonds. The Balaban J connectivity index is 3.22. The van der Waals surface area contributed by atoms with E-state index in [9.17, 15) is 19.6 Å². The number of amides is 4. The van der Waals surface area contributed by atoms with Gasteiger partial charge in [0.2, 0.25) is 5.91 Å². The van der Waals surface area contributed by atoms with Crippen LogP contribution in [0, 0.1) is 11.3 Å². The highest BCUT2D eigenvalue weighted by molar-refractivity contribution is 6.18. The third-order valence-electron chi connectivity index (χ3n) is 3.42. The van der Waals surface area contributed by atoms with E-state index in [4.69, 9.17) is 0 Å². The number of barbiturate groups is 1. The Morgan fingerprint density at radius 1 is 1.50 bits per heavy atom. The van der Waals surface area contributed by atoms with Gasteiger partial charge < -0.3 is 0 Å². The highest BCUT2D eigenvalue weighted by Crippen LogP contribution is 2.39. The Labute approximate surface area is 106 Å². The molecule has 0 aromatic rings. The van der Waals surface area contributed by atoms with Crippen molar-refractivity contribution in [1.29, 1.82) is 0 Å². The lowest BCUT2D eigenvalue weighted by molar-refractivity contribution is -0.177. The van der Waals surface area contributed by atoms with Gasteiger partial charge in [0.15, 0.2) is 0 Å². The second kappa shape index (κ2) is 5.30. The number of imide groups is 2. The van der Waals surface area contributed by atoms with Crippen LogP contribution in [0.3, 0.4) is 0 Å². The Bertz CT molecular complexity index is 394. The fourth-order valence-electron chi connectivity index (χ4n) is 2.36. The summed E-state index contributed by atoms with van der Waals surface area (Å²) in [5, 5.41) is 11.4. The number of carbonyl (C=O) groups is 3. The summed E-state index contributed by atoms with van der Waals surface area (Å²) in [5.41, 5.74) is -1.44. The van der Waals surface area contributed by atoms with Crippen LogP contribution in [0.4, 0.5) is 4.79 Å². The molecule has 1 aliphatic rings. The maximum absolute atomic E-state index is 12.1. The number of hydroxylamine groups is 2. The number of nitrogens with zero attached hydrogens (tertiary/aromatic N) is 1. The van der Waals surface area contributed by atoms with E-state index in [0.29, 0.717) is 6.42 Å². The van der Waals surface area contributed by atoms with Crippen LogP contribution in [-0.2, 0) is 9.59 Å². The lowest BCUT2D eigenvalue weighted by Gasteiger charge is -2.40. The minimum atomic E-state index is -1.44. The zero-order valence-corrected chi connectivity index (χ0v) is 10.6. The number of nitrogens with one attached hydrogen (secondary N) is 1. The molecule has 1 heterocycles. The molecule has 2 N–H and O–H groups in total. The summed E-state index contributed by atoms with van der Waals surface area (Å²) in [4.78, 5) is 35.4. The molecule has 1 rings (SSSR count). The van der Waals surface area contributed by atoms with Gasteiger partial charge in [-0.3, -0.25) is 20.1 Å². The van der Waals surface area contributed by atoms with E-state index in [2.05, 4.69) is 6.58 Å². The minimum absolute atomic E-state index is 0.0168. The van der Waals surface area contributed by atoms with E-state index in [1.807, 2.05) is 12.2 Å². The maximum atomic E-state index is 12.1. The van der Waals surface area contributed by atoms with E-state index in [1.165, 1.54) is 6.08 Å². The molecule has 0 unspecified atom stereocenters. The summed E-state index contributed by atoms with van der Waals surface area (Å²) < 4.78 is 0. The molecule has 6 nitrogen and oxygen atoms in total. The number of allylic oxidation sites excluding steroid dienone is 1. The average molecular weight is 254 g/mol. The van der Waals surface area contributed by atoms with Crippen LogP contribution in [0.1, 0.15) is 33.1 Å². The first-order chi connectivity index (χ1) is 8.41. The topological polar surface area (TPSA) is 86.7 Å².